The van der Waals surface area contributed by atoms with Crippen molar-refractivity contribution in [1.29, 1.82) is 0 Å². The topological polar surface area (TPSA) is 32.3 Å². The molecule has 2 rings (SSSR count). The Kier molecular flexibility index (Phi) is 3.59. The van der Waals surface area contributed by atoms with Crippen molar-refractivity contribution in [2.75, 3.05) is 11.9 Å². The van der Waals surface area contributed by atoms with Crippen molar-refractivity contribution in [2.45, 2.75) is 12.5 Å². The fourth-order valence-corrected chi connectivity index (χ4v) is 2.00. The summed E-state index contributed by atoms with van der Waals surface area (Å²) < 4.78 is 1.08. The van der Waals surface area contributed by atoms with E-state index in [1.807, 2.05) is 18.2 Å². The molecule has 0 aliphatic carbocycles. The maximum atomic E-state index is 9.40. The van der Waals surface area contributed by atoms with Gasteiger partial charge in [-0.3, -0.25) is 0 Å². The summed E-state index contributed by atoms with van der Waals surface area (Å²) in [6, 6.07) is 6.03. The van der Waals surface area contributed by atoms with Crippen molar-refractivity contribution in [3.8, 4) is 0 Å². The Morgan fingerprint density at radius 3 is 3.00 bits per heavy atom. The molecule has 1 atom stereocenters. The second-order valence-corrected chi connectivity index (χ2v) is 3.86. The third-order valence-electron chi connectivity index (χ3n) is 2.09. The molecule has 2 N–H and O–H groups in total. The van der Waals surface area contributed by atoms with Crippen LogP contribution in [0.2, 0.25) is 0 Å². The van der Waals surface area contributed by atoms with Gasteiger partial charge in [0.25, 0.3) is 0 Å². The Balaban J connectivity index is 0.000000845. The van der Waals surface area contributed by atoms with E-state index in [1.54, 1.807) is 0 Å². The number of rotatable bonds is 0. The third kappa shape index (κ3) is 2.16. The van der Waals surface area contributed by atoms with E-state index in [0.717, 1.165) is 16.6 Å². The molecule has 2 nitrogen and oxygen atoms in total. The lowest BCUT2D eigenvalue weighted by molar-refractivity contribution is 0.184. The summed E-state index contributed by atoms with van der Waals surface area (Å²) in [5.41, 5.74) is 2.31. The highest BCUT2D eigenvalue weighted by atomic mass is 79.9. The number of hydrogen-bond donors (Lipinski definition) is 2. The zero-order valence-electron chi connectivity index (χ0n) is 6.96. The molecular formula is C9H11BrClNO. The number of β-amino-alcohol motifs (C(OH)–C–C–N with tert-alkyl or cyclic N) is 1. The quantitative estimate of drug-likeness (QED) is 0.753. The van der Waals surface area contributed by atoms with E-state index >= 15 is 0 Å². The van der Waals surface area contributed by atoms with E-state index < -0.39 is 0 Å². The largest absolute Gasteiger partial charge is 0.391 e. The van der Waals surface area contributed by atoms with Crippen LogP contribution in [0.4, 0.5) is 5.69 Å². The number of benzene rings is 1. The zero-order valence-corrected chi connectivity index (χ0v) is 9.36. The van der Waals surface area contributed by atoms with Crippen molar-refractivity contribution in [3.63, 3.8) is 0 Å². The normalized spacial score (nSPS) is 19.7. The molecule has 1 aromatic carbocycles. The van der Waals surface area contributed by atoms with Gasteiger partial charge < -0.3 is 10.4 Å². The molecule has 72 valence electrons. The van der Waals surface area contributed by atoms with Crippen molar-refractivity contribution in [2.24, 2.45) is 0 Å². The van der Waals surface area contributed by atoms with Crippen LogP contribution in [-0.4, -0.2) is 17.8 Å². The summed E-state index contributed by atoms with van der Waals surface area (Å²) in [6.07, 6.45) is 0.486. The van der Waals surface area contributed by atoms with Crippen LogP contribution in [0.5, 0.6) is 0 Å². The Morgan fingerprint density at radius 1 is 1.46 bits per heavy atom. The Bertz CT molecular complexity index is 306. The Hall–Kier alpha value is -0.250. The summed E-state index contributed by atoms with van der Waals surface area (Å²) in [7, 11) is 0. The second kappa shape index (κ2) is 4.31. The molecule has 0 radical (unpaired) electrons. The van der Waals surface area contributed by atoms with E-state index in [4.69, 9.17) is 0 Å². The lowest BCUT2D eigenvalue weighted by Gasteiger charge is -2.23. The number of halogens is 2. The fraction of sp³-hybridized carbons (Fsp3) is 0.333. The van der Waals surface area contributed by atoms with Crippen LogP contribution in [-0.2, 0) is 6.42 Å². The average Bonchev–Trinajstić information content (AvgIpc) is 2.07. The van der Waals surface area contributed by atoms with Gasteiger partial charge in [0.2, 0.25) is 0 Å². The summed E-state index contributed by atoms with van der Waals surface area (Å²) in [5.74, 6) is 0. The molecule has 0 amide bonds. The van der Waals surface area contributed by atoms with Gasteiger partial charge in [-0.2, -0.15) is 0 Å². The van der Waals surface area contributed by atoms with Crippen LogP contribution in [0, 0.1) is 0 Å². The average molecular weight is 265 g/mol. The Morgan fingerprint density at radius 2 is 2.23 bits per heavy atom. The van der Waals surface area contributed by atoms with Crippen molar-refractivity contribution in [1.82, 2.24) is 0 Å². The molecule has 0 saturated carbocycles. The summed E-state index contributed by atoms with van der Waals surface area (Å²) >= 11 is 3.46. The first-order valence-corrected chi connectivity index (χ1v) is 4.76. The first kappa shape index (κ1) is 10.8. The van der Waals surface area contributed by atoms with Crippen molar-refractivity contribution in [3.05, 3.63) is 28.2 Å². The predicted octanol–water partition coefficient (Wildman–Crippen LogP) is 2.20. The van der Waals surface area contributed by atoms with Gasteiger partial charge >= 0.3 is 0 Å². The van der Waals surface area contributed by atoms with Gasteiger partial charge in [0.05, 0.1) is 6.10 Å². The molecule has 0 aromatic heterocycles. The van der Waals surface area contributed by atoms with Gasteiger partial charge in [-0.05, 0) is 17.7 Å². The lowest BCUT2D eigenvalue weighted by atomic mass is 10.0. The zero-order chi connectivity index (χ0) is 8.55. The number of hydrogen-bond acceptors (Lipinski definition) is 2. The van der Waals surface area contributed by atoms with E-state index in [2.05, 4.69) is 21.2 Å². The van der Waals surface area contributed by atoms with Gasteiger partial charge in [-0.1, -0.05) is 22.0 Å². The molecule has 1 heterocycles. The highest BCUT2D eigenvalue weighted by molar-refractivity contribution is 9.10. The molecule has 1 unspecified atom stereocenters. The molecule has 1 aromatic rings. The van der Waals surface area contributed by atoms with Crippen LogP contribution < -0.4 is 5.32 Å². The number of anilines is 1. The van der Waals surface area contributed by atoms with Crippen molar-refractivity contribution < 1.29 is 5.11 Å². The lowest BCUT2D eigenvalue weighted by Crippen LogP contribution is -2.27. The van der Waals surface area contributed by atoms with Gasteiger partial charge in [-0.15, -0.1) is 12.4 Å². The standard InChI is InChI=1S/C9H10BrNO.ClH/c10-8-2-1-3-9-7(8)4-6(12)5-11-9;/h1-3,6,11-12H,4-5H2;1H. The van der Waals surface area contributed by atoms with Crippen LogP contribution in [0.25, 0.3) is 0 Å². The number of fused-ring (bicyclic) bond motifs is 1. The smallest absolute Gasteiger partial charge is 0.0753 e. The molecule has 4 heteroatoms. The molecular weight excluding hydrogens is 253 g/mol. The van der Waals surface area contributed by atoms with Gasteiger partial charge in [0.15, 0.2) is 0 Å². The molecule has 0 fully saturated rings. The summed E-state index contributed by atoms with van der Waals surface area (Å²) in [6.45, 7) is 0.656. The molecule has 0 spiro atoms. The predicted molar refractivity (Wildman–Crippen MR) is 59.6 cm³/mol. The fourth-order valence-electron chi connectivity index (χ4n) is 1.47. The highest BCUT2D eigenvalue weighted by Crippen LogP contribution is 2.28. The monoisotopic (exact) mass is 263 g/mol. The first-order valence-electron chi connectivity index (χ1n) is 3.96. The van der Waals surface area contributed by atoms with Crippen molar-refractivity contribution >= 4 is 34.0 Å². The highest BCUT2D eigenvalue weighted by Gasteiger charge is 2.17. The maximum Gasteiger partial charge on any atom is 0.0753 e. The van der Waals surface area contributed by atoms with E-state index in [9.17, 15) is 5.11 Å². The minimum atomic E-state index is -0.254. The minimum Gasteiger partial charge on any atom is -0.391 e. The van der Waals surface area contributed by atoms with E-state index in [-0.39, 0.29) is 18.5 Å². The van der Waals surface area contributed by atoms with Gasteiger partial charge in [0.1, 0.15) is 0 Å². The third-order valence-corrected chi connectivity index (χ3v) is 2.83. The van der Waals surface area contributed by atoms with Crippen LogP contribution in [0.1, 0.15) is 5.56 Å². The molecule has 0 bridgehead atoms. The molecule has 13 heavy (non-hydrogen) atoms. The maximum absolute atomic E-state index is 9.40. The van der Waals surface area contributed by atoms with Gasteiger partial charge in [0, 0.05) is 23.1 Å². The number of nitrogens with one attached hydrogen (secondary N) is 1. The number of aliphatic hydroxyl groups excluding tert-OH is 1. The van der Waals surface area contributed by atoms with E-state index in [0.29, 0.717) is 6.54 Å². The SMILES string of the molecule is Cl.OC1CNc2cccc(Br)c2C1. The Labute approximate surface area is 91.9 Å². The van der Waals surface area contributed by atoms with Crippen LogP contribution in [0.15, 0.2) is 22.7 Å². The van der Waals surface area contributed by atoms with Crippen LogP contribution >= 0.6 is 28.3 Å². The summed E-state index contributed by atoms with van der Waals surface area (Å²) in [4.78, 5) is 0. The molecule has 1 aliphatic heterocycles. The van der Waals surface area contributed by atoms with Gasteiger partial charge in [-0.25, -0.2) is 0 Å². The first-order chi connectivity index (χ1) is 5.77. The second-order valence-electron chi connectivity index (χ2n) is 3.00. The summed E-state index contributed by atoms with van der Waals surface area (Å²) in [5, 5.41) is 12.6. The number of aliphatic hydroxyl groups is 1. The van der Waals surface area contributed by atoms with Crippen LogP contribution in [0.3, 0.4) is 0 Å². The molecule has 1 aliphatic rings. The minimum absolute atomic E-state index is 0. The van der Waals surface area contributed by atoms with E-state index in [1.165, 1.54) is 5.56 Å². The molecule has 0 saturated heterocycles.